The van der Waals surface area contributed by atoms with Crippen molar-refractivity contribution >= 4 is 21.7 Å². The first-order valence-corrected chi connectivity index (χ1v) is 6.88. The van der Waals surface area contributed by atoms with Gasteiger partial charge >= 0.3 is 5.97 Å². The third kappa shape index (κ3) is 3.97. The molecule has 0 bridgehead atoms. The first-order valence-electron chi connectivity index (χ1n) is 5.06. The van der Waals surface area contributed by atoms with Crippen LogP contribution in [0.1, 0.15) is 6.42 Å². The third-order valence-corrected chi connectivity index (χ3v) is 4.23. The summed E-state index contributed by atoms with van der Waals surface area (Å²) in [6.07, 6.45) is -0.366. The van der Waals surface area contributed by atoms with Gasteiger partial charge in [0.1, 0.15) is 6.61 Å². The lowest BCUT2D eigenvalue weighted by Gasteiger charge is -2.34. The summed E-state index contributed by atoms with van der Waals surface area (Å²) in [6, 6.07) is -0.797. The normalized spacial score (nSPS) is 23.4. The second kappa shape index (κ2) is 5.46. The number of carbonyl (C=O) groups excluding carboxylic acids is 1. The number of carboxylic acids is 1. The van der Waals surface area contributed by atoms with Crippen molar-refractivity contribution in [2.75, 3.05) is 31.8 Å². The SMILES string of the molecule is COCC(=O)N1CCS(=O)(=O)CC1CC(=O)O. The van der Waals surface area contributed by atoms with Crippen LogP contribution in [0.5, 0.6) is 0 Å². The zero-order chi connectivity index (χ0) is 13.1. The van der Waals surface area contributed by atoms with E-state index in [1.807, 2.05) is 0 Å². The lowest BCUT2D eigenvalue weighted by atomic mass is 10.2. The molecule has 0 aromatic carbocycles. The van der Waals surface area contributed by atoms with Gasteiger partial charge in [0.05, 0.1) is 24.0 Å². The van der Waals surface area contributed by atoms with Crippen molar-refractivity contribution < 1.29 is 27.9 Å². The molecule has 17 heavy (non-hydrogen) atoms. The summed E-state index contributed by atoms with van der Waals surface area (Å²) < 4.78 is 27.5. The van der Waals surface area contributed by atoms with Gasteiger partial charge in [0, 0.05) is 13.7 Å². The molecule has 1 rings (SSSR count). The number of amides is 1. The number of ether oxygens (including phenoxy) is 1. The summed E-state index contributed by atoms with van der Waals surface area (Å²) >= 11 is 0. The molecule has 0 spiro atoms. The first kappa shape index (κ1) is 13.9. The highest BCUT2D eigenvalue weighted by molar-refractivity contribution is 7.91. The van der Waals surface area contributed by atoms with Gasteiger partial charge in [0.15, 0.2) is 9.84 Å². The number of hydrogen-bond donors (Lipinski definition) is 1. The van der Waals surface area contributed by atoms with E-state index in [1.165, 1.54) is 12.0 Å². The van der Waals surface area contributed by atoms with Crippen LogP contribution in [0, 0.1) is 0 Å². The maximum absolute atomic E-state index is 11.6. The van der Waals surface area contributed by atoms with Crippen molar-refractivity contribution in [3.05, 3.63) is 0 Å². The van der Waals surface area contributed by atoms with Gasteiger partial charge in [-0.2, -0.15) is 0 Å². The number of nitrogens with zero attached hydrogens (tertiary/aromatic N) is 1. The van der Waals surface area contributed by atoms with Crippen LogP contribution in [0.25, 0.3) is 0 Å². The van der Waals surface area contributed by atoms with E-state index in [1.54, 1.807) is 0 Å². The molecule has 7 nitrogen and oxygen atoms in total. The zero-order valence-corrected chi connectivity index (χ0v) is 10.3. The molecule has 0 aliphatic carbocycles. The number of rotatable bonds is 4. The highest BCUT2D eigenvalue weighted by atomic mass is 32.2. The van der Waals surface area contributed by atoms with Gasteiger partial charge in [0.25, 0.3) is 0 Å². The molecule has 0 aromatic rings. The predicted octanol–water partition coefficient (Wildman–Crippen LogP) is -1.27. The minimum Gasteiger partial charge on any atom is -0.481 e. The topological polar surface area (TPSA) is 101 Å². The number of carbonyl (C=O) groups is 2. The molecule has 1 amide bonds. The second-order valence-electron chi connectivity index (χ2n) is 3.89. The van der Waals surface area contributed by atoms with Crippen LogP contribution in [0.15, 0.2) is 0 Å². The molecule has 1 saturated heterocycles. The van der Waals surface area contributed by atoms with E-state index < -0.39 is 21.8 Å². The van der Waals surface area contributed by atoms with Crippen molar-refractivity contribution in [3.63, 3.8) is 0 Å². The summed E-state index contributed by atoms with van der Waals surface area (Å²) in [5.74, 6) is -1.93. The summed E-state index contributed by atoms with van der Waals surface area (Å²) in [5, 5.41) is 8.70. The van der Waals surface area contributed by atoms with Gasteiger partial charge in [-0.15, -0.1) is 0 Å². The van der Waals surface area contributed by atoms with Crippen molar-refractivity contribution in [3.8, 4) is 0 Å². The van der Waals surface area contributed by atoms with Gasteiger partial charge in [-0.25, -0.2) is 8.42 Å². The Labute approximate surface area is 99.3 Å². The van der Waals surface area contributed by atoms with Crippen molar-refractivity contribution in [2.45, 2.75) is 12.5 Å². The van der Waals surface area contributed by atoms with Gasteiger partial charge in [0.2, 0.25) is 5.91 Å². The molecule has 1 N–H and O–H groups in total. The molecule has 0 radical (unpaired) electrons. The average Bonchev–Trinajstić information content (AvgIpc) is 2.15. The molecule has 1 aliphatic rings. The monoisotopic (exact) mass is 265 g/mol. The molecular weight excluding hydrogens is 250 g/mol. The molecule has 1 unspecified atom stereocenters. The summed E-state index contributed by atoms with van der Waals surface area (Å²) in [7, 11) is -1.90. The van der Waals surface area contributed by atoms with Crippen LogP contribution in [0.4, 0.5) is 0 Å². The Hall–Kier alpha value is -1.15. The largest absolute Gasteiger partial charge is 0.481 e. The number of methoxy groups -OCH3 is 1. The van der Waals surface area contributed by atoms with E-state index in [0.29, 0.717) is 0 Å². The van der Waals surface area contributed by atoms with Crippen molar-refractivity contribution in [1.29, 1.82) is 0 Å². The fourth-order valence-corrected chi connectivity index (χ4v) is 3.32. The fourth-order valence-electron chi connectivity index (χ4n) is 1.79. The number of sulfone groups is 1. The molecule has 98 valence electrons. The highest BCUT2D eigenvalue weighted by Gasteiger charge is 2.35. The minimum absolute atomic E-state index is 0.0302. The van der Waals surface area contributed by atoms with Gasteiger partial charge in [-0.05, 0) is 0 Å². The molecular formula is C9H15NO6S. The second-order valence-corrected chi connectivity index (χ2v) is 6.11. The first-order chi connectivity index (χ1) is 7.85. The smallest absolute Gasteiger partial charge is 0.305 e. The van der Waals surface area contributed by atoms with E-state index in [4.69, 9.17) is 5.11 Å². The Kier molecular flexibility index (Phi) is 4.47. The van der Waals surface area contributed by atoms with Crippen molar-refractivity contribution in [2.24, 2.45) is 0 Å². The lowest BCUT2D eigenvalue weighted by molar-refractivity contribution is -0.141. The van der Waals surface area contributed by atoms with Crippen LogP contribution in [0.3, 0.4) is 0 Å². The van der Waals surface area contributed by atoms with Crippen LogP contribution >= 0.6 is 0 Å². The lowest BCUT2D eigenvalue weighted by Crippen LogP contribution is -2.52. The van der Waals surface area contributed by atoms with E-state index in [-0.39, 0.29) is 37.0 Å². The highest BCUT2D eigenvalue weighted by Crippen LogP contribution is 2.15. The Morgan fingerprint density at radius 2 is 2.12 bits per heavy atom. The quantitative estimate of drug-likeness (QED) is 0.680. The van der Waals surface area contributed by atoms with E-state index in [9.17, 15) is 18.0 Å². The number of aliphatic carboxylic acids is 1. The van der Waals surface area contributed by atoms with E-state index in [2.05, 4.69) is 4.74 Å². The van der Waals surface area contributed by atoms with Crippen LogP contribution in [-0.4, -0.2) is 68.1 Å². The van der Waals surface area contributed by atoms with Gasteiger partial charge < -0.3 is 14.7 Å². The molecule has 1 atom stereocenters. The van der Waals surface area contributed by atoms with Crippen LogP contribution < -0.4 is 0 Å². The molecule has 8 heteroatoms. The summed E-state index contributed by atoms with van der Waals surface area (Å²) in [6.45, 7) is -0.140. The Morgan fingerprint density at radius 3 is 2.65 bits per heavy atom. The van der Waals surface area contributed by atoms with E-state index >= 15 is 0 Å². The Morgan fingerprint density at radius 1 is 1.47 bits per heavy atom. The van der Waals surface area contributed by atoms with Crippen LogP contribution in [0.2, 0.25) is 0 Å². The maximum atomic E-state index is 11.6. The number of carboxylic acid groups (broad SMARTS) is 1. The maximum Gasteiger partial charge on any atom is 0.305 e. The fraction of sp³-hybridized carbons (Fsp3) is 0.778. The molecule has 1 fully saturated rings. The Bertz CT molecular complexity index is 404. The third-order valence-electron chi connectivity index (χ3n) is 2.53. The Balaban J connectivity index is 2.80. The van der Waals surface area contributed by atoms with E-state index in [0.717, 1.165) is 0 Å². The van der Waals surface area contributed by atoms with Crippen molar-refractivity contribution in [1.82, 2.24) is 4.90 Å². The molecule has 0 aromatic heterocycles. The van der Waals surface area contributed by atoms with Gasteiger partial charge in [-0.3, -0.25) is 9.59 Å². The average molecular weight is 265 g/mol. The minimum atomic E-state index is -3.26. The molecule has 1 aliphatic heterocycles. The summed E-state index contributed by atoms with van der Waals surface area (Å²) in [4.78, 5) is 23.5. The molecule has 0 saturated carbocycles. The predicted molar refractivity (Wildman–Crippen MR) is 58.3 cm³/mol. The zero-order valence-electron chi connectivity index (χ0n) is 9.46. The molecule has 1 heterocycles. The summed E-state index contributed by atoms with van der Waals surface area (Å²) in [5.41, 5.74) is 0. The number of hydrogen-bond acceptors (Lipinski definition) is 5. The standard InChI is InChI=1S/C9H15NO6S/c1-16-5-8(11)10-2-3-17(14,15)6-7(10)4-9(12)13/h7H,2-6H2,1H3,(H,12,13). The van der Waals surface area contributed by atoms with Gasteiger partial charge in [-0.1, -0.05) is 0 Å². The van der Waals surface area contributed by atoms with Crippen LogP contribution in [-0.2, 0) is 24.2 Å².